The van der Waals surface area contributed by atoms with Crippen LogP contribution >= 0.6 is 11.3 Å². The van der Waals surface area contributed by atoms with Gasteiger partial charge in [0.2, 0.25) is 0 Å². The Kier molecular flexibility index (Phi) is 3.24. The fourth-order valence-corrected chi connectivity index (χ4v) is 5.19. The van der Waals surface area contributed by atoms with Crippen molar-refractivity contribution in [1.29, 1.82) is 0 Å². The second-order valence-corrected chi connectivity index (χ2v) is 7.56. The van der Waals surface area contributed by atoms with Gasteiger partial charge in [-0.1, -0.05) is 0 Å². The van der Waals surface area contributed by atoms with Gasteiger partial charge in [0.05, 0.1) is 11.8 Å². The minimum atomic E-state index is -0.324. The predicted octanol–water partition coefficient (Wildman–Crippen LogP) is 2.19. The number of nitrogens with zero attached hydrogens (tertiary/aromatic N) is 3. The molecule has 0 radical (unpaired) electrons. The Bertz CT molecular complexity index is 503. The van der Waals surface area contributed by atoms with Crippen LogP contribution in [-0.4, -0.2) is 47.2 Å². The van der Waals surface area contributed by atoms with Gasteiger partial charge in [-0.15, -0.1) is 11.3 Å². The number of rotatable bonds is 1. The Morgan fingerprint density at radius 2 is 2.05 bits per heavy atom. The van der Waals surface area contributed by atoms with Crippen LogP contribution in [0.4, 0.5) is 5.13 Å². The molecule has 0 amide bonds. The van der Waals surface area contributed by atoms with E-state index in [-0.39, 0.29) is 6.10 Å². The van der Waals surface area contributed by atoms with Crippen LogP contribution in [0.25, 0.3) is 0 Å². The summed E-state index contributed by atoms with van der Waals surface area (Å²) in [4.78, 5) is 11.1. The van der Waals surface area contributed by atoms with Crippen molar-refractivity contribution in [2.45, 2.75) is 56.7 Å². The van der Waals surface area contributed by atoms with E-state index in [0.717, 1.165) is 49.2 Å². The van der Waals surface area contributed by atoms with Crippen LogP contribution in [-0.2, 0) is 6.42 Å². The minimum Gasteiger partial charge on any atom is -0.387 e. The predicted molar refractivity (Wildman–Crippen MR) is 81.4 cm³/mol. The molecule has 2 saturated heterocycles. The van der Waals surface area contributed by atoms with Gasteiger partial charge in [-0.2, -0.15) is 0 Å². The second kappa shape index (κ2) is 4.97. The van der Waals surface area contributed by atoms with Gasteiger partial charge in [-0.3, -0.25) is 4.90 Å². The van der Waals surface area contributed by atoms with Crippen LogP contribution in [0.2, 0.25) is 0 Å². The van der Waals surface area contributed by atoms with Crippen molar-refractivity contribution >= 4 is 16.5 Å². The molecule has 20 heavy (non-hydrogen) atoms. The van der Waals surface area contributed by atoms with Crippen LogP contribution in [0.3, 0.4) is 0 Å². The molecule has 3 unspecified atom stereocenters. The van der Waals surface area contributed by atoms with E-state index in [1.165, 1.54) is 24.1 Å². The highest BCUT2D eigenvalue weighted by atomic mass is 32.1. The monoisotopic (exact) mass is 293 g/mol. The smallest absolute Gasteiger partial charge is 0.185 e. The Morgan fingerprint density at radius 1 is 1.20 bits per heavy atom. The maximum atomic E-state index is 10.1. The summed E-state index contributed by atoms with van der Waals surface area (Å²) in [6, 6.07) is 1.46. The van der Waals surface area contributed by atoms with Gasteiger partial charge >= 0.3 is 0 Å². The van der Waals surface area contributed by atoms with Gasteiger partial charge in [0.1, 0.15) is 0 Å². The van der Waals surface area contributed by atoms with Gasteiger partial charge in [0.25, 0.3) is 0 Å². The summed E-state index contributed by atoms with van der Waals surface area (Å²) in [5.74, 6) is 0. The third kappa shape index (κ3) is 2.07. The fourth-order valence-electron chi connectivity index (χ4n) is 4.00. The number of aryl methyl sites for hydroxylation is 1. The molecule has 1 aromatic rings. The van der Waals surface area contributed by atoms with Crippen LogP contribution in [0.15, 0.2) is 0 Å². The summed E-state index contributed by atoms with van der Waals surface area (Å²) in [5, 5.41) is 11.2. The number of thiazole rings is 1. The van der Waals surface area contributed by atoms with Crippen molar-refractivity contribution in [3.8, 4) is 0 Å². The summed E-state index contributed by atoms with van der Waals surface area (Å²) >= 11 is 1.82. The molecule has 2 bridgehead atoms. The lowest BCUT2D eigenvalue weighted by Gasteiger charge is -2.25. The van der Waals surface area contributed by atoms with Crippen molar-refractivity contribution in [2.24, 2.45) is 0 Å². The van der Waals surface area contributed by atoms with E-state index < -0.39 is 0 Å². The molecule has 4 nitrogen and oxygen atoms in total. The van der Waals surface area contributed by atoms with Crippen molar-refractivity contribution < 1.29 is 5.11 Å². The van der Waals surface area contributed by atoms with Crippen LogP contribution in [0, 0.1) is 0 Å². The van der Waals surface area contributed by atoms with E-state index in [1.54, 1.807) is 0 Å². The molecule has 0 saturated carbocycles. The summed E-state index contributed by atoms with van der Waals surface area (Å²) in [7, 11) is 2.28. The largest absolute Gasteiger partial charge is 0.387 e. The van der Waals surface area contributed by atoms with Gasteiger partial charge < -0.3 is 10.0 Å². The zero-order chi connectivity index (χ0) is 13.7. The first kappa shape index (κ1) is 13.0. The van der Waals surface area contributed by atoms with E-state index in [2.05, 4.69) is 16.8 Å². The molecule has 4 rings (SSSR count). The molecule has 5 heteroatoms. The van der Waals surface area contributed by atoms with Crippen LogP contribution in [0.5, 0.6) is 0 Å². The number of aliphatic hydroxyl groups excluding tert-OH is 1. The van der Waals surface area contributed by atoms with Crippen molar-refractivity contribution in [3.05, 3.63) is 10.6 Å². The van der Waals surface area contributed by atoms with Crippen LogP contribution in [0.1, 0.15) is 48.8 Å². The third-order valence-corrected chi connectivity index (χ3v) is 6.52. The molecular weight excluding hydrogens is 270 g/mol. The Labute approximate surface area is 124 Å². The number of likely N-dealkylation sites (N-methyl/N-ethyl adjacent to an activating group) is 1. The summed E-state index contributed by atoms with van der Waals surface area (Å²) < 4.78 is 0. The topological polar surface area (TPSA) is 39.6 Å². The van der Waals surface area contributed by atoms with E-state index in [4.69, 9.17) is 4.98 Å². The van der Waals surface area contributed by atoms with Crippen LogP contribution < -0.4 is 4.90 Å². The fraction of sp³-hybridized carbons (Fsp3) is 0.800. The number of hydrogen-bond acceptors (Lipinski definition) is 5. The highest BCUT2D eigenvalue weighted by Gasteiger charge is 2.36. The van der Waals surface area contributed by atoms with Gasteiger partial charge in [0.15, 0.2) is 5.13 Å². The molecule has 0 spiro atoms. The normalized spacial score (nSPS) is 34.1. The number of hydrogen-bond donors (Lipinski definition) is 1. The average molecular weight is 293 g/mol. The molecule has 2 aliphatic heterocycles. The molecule has 1 N–H and O–H groups in total. The number of aromatic nitrogens is 1. The van der Waals surface area contributed by atoms with Gasteiger partial charge in [-0.25, -0.2) is 4.98 Å². The summed E-state index contributed by atoms with van der Waals surface area (Å²) in [5.41, 5.74) is 0.971. The lowest BCUT2D eigenvalue weighted by atomic mass is 10.0. The summed E-state index contributed by atoms with van der Waals surface area (Å²) in [6.45, 7) is 2.23. The van der Waals surface area contributed by atoms with Gasteiger partial charge in [-0.05, 0) is 45.6 Å². The van der Waals surface area contributed by atoms with Gasteiger partial charge in [0, 0.05) is 30.1 Å². The average Bonchev–Trinajstić information content (AvgIpc) is 2.93. The second-order valence-electron chi connectivity index (χ2n) is 6.50. The number of fused-ring (bicyclic) bond motifs is 3. The lowest BCUT2D eigenvalue weighted by molar-refractivity contribution is 0.153. The quantitative estimate of drug-likeness (QED) is 0.861. The summed E-state index contributed by atoms with van der Waals surface area (Å²) in [6.07, 6.45) is 6.69. The molecule has 0 aromatic carbocycles. The van der Waals surface area contributed by atoms with E-state index in [9.17, 15) is 5.11 Å². The first-order chi connectivity index (χ1) is 9.72. The standard InChI is InChI=1S/C15H23N3OS/c1-17-10-5-6-11(17)9-18(8-7-10)15-16-14-12(19)3-2-4-13(14)20-15/h10-12,19H,2-9H2,1H3. The van der Waals surface area contributed by atoms with E-state index in [1.807, 2.05) is 11.3 Å². The lowest BCUT2D eigenvalue weighted by Crippen LogP contribution is -2.36. The maximum absolute atomic E-state index is 10.1. The molecule has 110 valence electrons. The first-order valence-corrected chi connectivity index (χ1v) is 8.68. The Hall–Kier alpha value is -0.650. The molecule has 2 fully saturated rings. The third-order valence-electron chi connectivity index (χ3n) is 5.33. The SMILES string of the molecule is CN1C2CCC1CN(c1nc3c(s1)CCCC3O)CC2. The van der Waals surface area contributed by atoms with E-state index >= 15 is 0 Å². The highest BCUT2D eigenvalue weighted by Crippen LogP contribution is 2.38. The Balaban J connectivity index is 1.59. The highest BCUT2D eigenvalue weighted by molar-refractivity contribution is 7.15. The van der Waals surface area contributed by atoms with E-state index in [0.29, 0.717) is 6.04 Å². The maximum Gasteiger partial charge on any atom is 0.185 e. The zero-order valence-corrected chi connectivity index (χ0v) is 12.9. The molecule has 1 aliphatic carbocycles. The first-order valence-electron chi connectivity index (χ1n) is 7.87. The molecule has 3 heterocycles. The number of anilines is 1. The molecular formula is C15H23N3OS. The van der Waals surface area contributed by atoms with Crippen molar-refractivity contribution in [2.75, 3.05) is 25.0 Å². The zero-order valence-electron chi connectivity index (χ0n) is 12.1. The Morgan fingerprint density at radius 3 is 2.90 bits per heavy atom. The molecule has 3 atom stereocenters. The van der Waals surface area contributed by atoms with Crippen molar-refractivity contribution in [3.63, 3.8) is 0 Å². The number of aliphatic hydroxyl groups is 1. The minimum absolute atomic E-state index is 0.324. The molecule has 1 aromatic heterocycles. The molecule has 3 aliphatic rings. The van der Waals surface area contributed by atoms with Crippen molar-refractivity contribution in [1.82, 2.24) is 9.88 Å².